The number of nitrogens with zero attached hydrogens (tertiary/aromatic N) is 3. The van der Waals surface area contributed by atoms with Gasteiger partial charge in [0.2, 0.25) is 5.95 Å². The standard InChI is InChI=1S/C16H16ClN5O2/c1-16(24,11-6-2-3-7-12(11)17)10-18-15(23)19-14-21-20-13-8-4-5-9-22(13)14/h2-9,24H,10H2,1H3,(H2,18,19,21,23)/t16-/m0/s1. The molecule has 0 fully saturated rings. The van der Waals surface area contributed by atoms with Crippen LogP contribution < -0.4 is 10.6 Å². The van der Waals surface area contributed by atoms with Gasteiger partial charge in [-0.15, -0.1) is 10.2 Å². The molecule has 2 heterocycles. The lowest BCUT2D eigenvalue weighted by Gasteiger charge is -2.25. The van der Waals surface area contributed by atoms with Crippen LogP contribution in [0.1, 0.15) is 12.5 Å². The van der Waals surface area contributed by atoms with E-state index in [1.807, 2.05) is 12.1 Å². The van der Waals surface area contributed by atoms with Crippen molar-refractivity contribution in [3.8, 4) is 0 Å². The average Bonchev–Trinajstić information content (AvgIpc) is 2.97. The molecule has 24 heavy (non-hydrogen) atoms. The second-order valence-corrected chi connectivity index (χ2v) is 5.92. The van der Waals surface area contributed by atoms with Crippen LogP contribution in [0, 0.1) is 0 Å². The van der Waals surface area contributed by atoms with E-state index < -0.39 is 11.6 Å². The number of anilines is 1. The maximum absolute atomic E-state index is 12.1. The fourth-order valence-corrected chi connectivity index (χ4v) is 2.66. The Bertz CT molecular complexity index is 878. The van der Waals surface area contributed by atoms with E-state index in [2.05, 4.69) is 20.8 Å². The highest BCUT2D eigenvalue weighted by atomic mass is 35.5. The van der Waals surface area contributed by atoms with Crippen LogP contribution in [-0.4, -0.2) is 32.3 Å². The van der Waals surface area contributed by atoms with Crippen LogP contribution in [0.25, 0.3) is 5.65 Å². The Labute approximate surface area is 143 Å². The molecular weight excluding hydrogens is 330 g/mol. The molecule has 1 atom stereocenters. The number of benzene rings is 1. The highest BCUT2D eigenvalue weighted by Crippen LogP contribution is 2.27. The minimum absolute atomic E-state index is 0.0146. The normalized spacial score (nSPS) is 13.5. The first-order valence-electron chi connectivity index (χ1n) is 7.29. The predicted molar refractivity (Wildman–Crippen MR) is 91.0 cm³/mol. The molecule has 3 aromatic rings. The molecule has 0 saturated carbocycles. The van der Waals surface area contributed by atoms with Crippen LogP contribution in [0.4, 0.5) is 10.7 Å². The third-order valence-corrected chi connectivity index (χ3v) is 3.92. The molecule has 3 N–H and O–H groups in total. The van der Waals surface area contributed by atoms with E-state index in [-0.39, 0.29) is 6.54 Å². The van der Waals surface area contributed by atoms with Gasteiger partial charge in [-0.3, -0.25) is 9.72 Å². The number of fused-ring (bicyclic) bond motifs is 1. The summed E-state index contributed by atoms with van der Waals surface area (Å²) in [7, 11) is 0. The number of rotatable bonds is 4. The first kappa shape index (κ1) is 16.2. The van der Waals surface area contributed by atoms with Crippen LogP contribution >= 0.6 is 11.6 Å². The fourth-order valence-electron chi connectivity index (χ4n) is 2.32. The number of aromatic nitrogens is 3. The van der Waals surface area contributed by atoms with Gasteiger partial charge in [-0.05, 0) is 25.1 Å². The van der Waals surface area contributed by atoms with Crippen molar-refractivity contribution in [3.63, 3.8) is 0 Å². The summed E-state index contributed by atoms with van der Waals surface area (Å²) in [4.78, 5) is 12.1. The summed E-state index contributed by atoms with van der Waals surface area (Å²) in [5, 5.41) is 24.1. The van der Waals surface area contributed by atoms with Crippen molar-refractivity contribution in [2.75, 3.05) is 11.9 Å². The maximum Gasteiger partial charge on any atom is 0.321 e. The molecule has 0 bridgehead atoms. The number of nitrogens with one attached hydrogen (secondary N) is 2. The Morgan fingerprint density at radius 2 is 2.00 bits per heavy atom. The average molecular weight is 346 g/mol. The molecule has 0 aliphatic rings. The van der Waals surface area contributed by atoms with E-state index in [0.29, 0.717) is 22.2 Å². The molecule has 8 heteroatoms. The Kier molecular flexibility index (Phi) is 4.37. The molecule has 2 amide bonds. The van der Waals surface area contributed by atoms with Crippen LogP contribution in [-0.2, 0) is 5.60 Å². The third-order valence-electron chi connectivity index (χ3n) is 3.59. The summed E-state index contributed by atoms with van der Waals surface area (Å²) in [6.45, 7) is 1.57. The van der Waals surface area contributed by atoms with E-state index >= 15 is 0 Å². The smallest absolute Gasteiger partial charge is 0.321 e. The molecule has 7 nitrogen and oxygen atoms in total. The molecule has 124 valence electrons. The summed E-state index contributed by atoms with van der Waals surface area (Å²) < 4.78 is 1.64. The number of halogens is 1. The lowest BCUT2D eigenvalue weighted by atomic mass is 9.96. The van der Waals surface area contributed by atoms with Crippen LogP contribution in [0.2, 0.25) is 5.02 Å². The predicted octanol–water partition coefficient (Wildman–Crippen LogP) is 2.41. The maximum atomic E-state index is 12.1. The first-order chi connectivity index (χ1) is 11.5. The van der Waals surface area contributed by atoms with Crippen molar-refractivity contribution < 1.29 is 9.90 Å². The molecule has 3 rings (SSSR count). The summed E-state index contributed by atoms with van der Waals surface area (Å²) >= 11 is 6.09. The first-order valence-corrected chi connectivity index (χ1v) is 7.67. The molecular formula is C16H16ClN5O2. The summed E-state index contributed by atoms with van der Waals surface area (Å²) in [6.07, 6.45) is 1.74. The van der Waals surface area contributed by atoms with Gasteiger partial charge in [0.1, 0.15) is 5.60 Å². The van der Waals surface area contributed by atoms with Gasteiger partial charge in [-0.25, -0.2) is 4.79 Å². The number of urea groups is 1. The zero-order valence-corrected chi connectivity index (χ0v) is 13.7. The van der Waals surface area contributed by atoms with E-state index in [0.717, 1.165) is 0 Å². The number of aliphatic hydroxyl groups is 1. The Balaban J connectivity index is 1.66. The van der Waals surface area contributed by atoms with E-state index in [1.165, 1.54) is 0 Å². The van der Waals surface area contributed by atoms with Crippen molar-refractivity contribution in [3.05, 3.63) is 59.2 Å². The number of pyridine rings is 1. The number of hydrogen-bond acceptors (Lipinski definition) is 4. The van der Waals surface area contributed by atoms with Gasteiger partial charge in [-0.1, -0.05) is 35.9 Å². The molecule has 1 aromatic carbocycles. The lowest BCUT2D eigenvalue weighted by Crippen LogP contribution is -2.41. The highest BCUT2D eigenvalue weighted by molar-refractivity contribution is 6.31. The van der Waals surface area contributed by atoms with Crippen molar-refractivity contribution >= 4 is 29.2 Å². The van der Waals surface area contributed by atoms with Crippen molar-refractivity contribution in [2.24, 2.45) is 0 Å². The third kappa shape index (κ3) is 3.32. The summed E-state index contributed by atoms with van der Waals surface area (Å²) in [5.74, 6) is 0.292. The second kappa shape index (κ2) is 6.46. The molecule has 0 saturated heterocycles. The van der Waals surface area contributed by atoms with Crippen LogP contribution in [0.15, 0.2) is 48.7 Å². The molecule has 0 radical (unpaired) electrons. The monoisotopic (exact) mass is 345 g/mol. The molecule has 2 aromatic heterocycles. The zero-order chi connectivity index (χ0) is 17.2. The molecule has 0 unspecified atom stereocenters. The molecule has 0 spiro atoms. The topological polar surface area (TPSA) is 91.5 Å². The van der Waals surface area contributed by atoms with Gasteiger partial charge >= 0.3 is 6.03 Å². The zero-order valence-electron chi connectivity index (χ0n) is 12.9. The number of carbonyl (C=O) groups is 1. The quantitative estimate of drug-likeness (QED) is 0.677. The Morgan fingerprint density at radius 3 is 2.79 bits per heavy atom. The van der Waals surface area contributed by atoms with Gasteiger partial charge in [-0.2, -0.15) is 0 Å². The van der Waals surface area contributed by atoms with Crippen molar-refractivity contribution in [1.29, 1.82) is 0 Å². The van der Waals surface area contributed by atoms with Gasteiger partial charge in [0.15, 0.2) is 5.65 Å². The minimum atomic E-state index is -1.30. The van der Waals surface area contributed by atoms with E-state index in [9.17, 15) is 9.90 Å². The van der Waals surface area contributed by atoms with Gasteiger partial charge in [0, 0.05) is 16.8 Å². The van der Waals surface area contributed by atoms with Gasteiger partial charge < -0.3 is 10.4 Å². The number of carbonyl (C=O) groups excluding carboxylic acids is 1. The van der Waals surface area contributed by atoms with Gasteiger partial charge in [0.05, 0.1) is 6.54 Å². The molecule has 0 aliphatic heterocycles. The van der Waals surface area contributed by atoms with Crippen LogP contribution in [0.5, 0.6) is 0 Å². The molecule has 0 aliphatic carbocycles. The summed E-state index contributed by atoms with van der Waals surface area (Å²) in [5.41, 5.74) is -0.140. The lowest BCUT2D eigenvalue weighted by molar-refractivity contribution is 0.0600. The van der Waals surface area contributed by atoms with Crippen molar-refractivity contribution in [2.45, 2.75) is 12.5 Å². The number of amides is 2. The van der Waals surface area contributed by atoms with Crippen LogP contribution in [0.3, 0.4) is 0 Å². The Hall–Kier alpha value is -2.64. The van der Waals surface area contributed by atoms with E-state index in [4.69, 9.17) is 11.6 Å². The Morgan fingerprint density at radius 1 is 1.25 bits per heavy atom. The SMILES string of the molecule is C[C@](O)(CNC(=O)Nc1nnc2ccccn12)c1ccccc1Cl. The second-order valence-electron chi connectivity index (χ2n) is 5.51. The number of hydrogen-bond donors (Lipinski definition) is 3. The minimum Gasteiger partial charge on any atom is -0.384 e. The largest absolute Gasteiger partial charge is 0.384 e. The fraction of sp³-hybridized carbons (Fsp3) is 0.188. The highest BCUT2D eigenvalue weighted by Gasteiger charge is 2.26. The van der Waals surface area contributed by atoms with Gasteiger partial charge in [0.25, 0.3) is 0 Å². The summed E-state index contributed by atoms with van der Waals surface area (Å²) in [6, 6.07) is 11.9. The van der Waals surface area contributed by atoms with E-state index in [1.54, 1.807) is 47.9 Å². The van der Waals surface area contributed by atoms with Crippen molar-refractivity contribution in [1.82, 2.24) is 19.9 Å².